The van der Waals surface area contributed by atoms with Gasteiger partial charge in [-0.2, -0.15) is 5.26 Å². The number of ether oxygens (including phenoxy) is 1. The molecule has 29 heavy (non-hydrogen) atoms. The molecule has 0 amide bonds. The van der Waals surface area contributed by atoms with Crippen LogP contribution in [-0.2, 0) is 19.6 Å². The lowest BCUT2D eigenvalue weighted by atomic mass is 10.1. The second-order valence-electron chi connectivity index (χ2n) is 8.81. The van der Waals surface area contributed by atoms with Gasteiger partial charge in [-0.15, -0.1) is 0 Å². The van der Waals surface area contributed by atoms with Crippen LogP contribution < -0.4 is 4.74 Å². The second kappa shape index (κ2) is 8.14. The number of benzene rings is 1. The van der Waals surface area contributed by atoms with E-state index in [1.165, 1.54) is 36.1 Å². The average molecular weight is 389 g/mol. The van der Waals surface area contributed by atoms with Crippen LogP contribution in [0.4, 0.5) is 0 Å². The Morgan fingerprint density at radius 3 is 2.55 bits per heavy atom. The van der Waals surface area contributed by atoms with E-state index in [0.29, 0.717) is 6.10 Å². The molecule has 5 rings (SSSR count). The summed E-state index contributed by atoms with van der Waals surface area (Å²) in [6.07, 6.45) is 7.31. The summed E-state index contributed by atoms with van der Waals surface area (Å²) in [6.45, 7) is 6.28. The number of nitrogens with zero attached hydrogens (tertiary/aromatic N) is 4. The van der Waals surface area contributed by atoms with Gasteiger partial charge in [0.15, 0.2) is 0 Å². The monoisotopic (exact) mass is 388 g/mol. The number of hydrogen-bond acceptors (Lipinski definition) is 5. The molecule has 3 heterocycles. The average Bonchev–Trinajstić information content (AvgIpc) is 3.47. The van der Waals surface area contributed by atoms with E-state index in [1.807, 2.05) is 24.4 Å². The number of likely N-dealkylation sites (tertiary alicyclic amines) is 1. The van der Waals surface area contributed by atoms with Crippen molar-refractivity contribution in [2.75, 3.05) is 19.6 Å². The molecule has 0 unspecified atom stereocenters. The first-order valence-electron chi connectivity index (χ1n) is 10.8. The van der Waals surface area contributed by atoms with Gasteiger partial charge < -0.3 is 9.64 Å². The van der Waals surface area contributed by atoms with Gasteiger partial charge in [0.2, 0.25) is 5.88 Å². The Bertz CT molecular complexity index is 892. The van der Waals surface area contributed by atoms with Crippen LogP contribution in [0, 0.1) is 17.2 Å². The third kappa shape index (κ3) is 4.60. The molecule has 2 fully saturated rings. The SMILES string of the molecule is N#Cc1ccc2c(c1)CN(Cc1ccc(OC3CCN(CC4CC4)CC3)nc1)C2. The Balaban J connectivity index is 1.11. The van der Waals surface area contributed by atoms with Crippen LogP contribution >= 0.6 is 0 Å². The third-order valence-electron chi connectivity index (χ3n) is 6.36. The zero-order valence-corrected chi connectivity index (χ0v) is 16.9. The molecule has 1 aromatic heterocycles. The van der Waals surface area contributed by atoms with Crippen molar-refractivity contribution in [2.24, 2.45) is 5.92 Å². The van der Waals surface area contributed by atoms with E-state index >= 15 is 0 Å². The summed E-state index contributed by atoms with van der Waals surface area (Å²) in [4.78, 5) is 9.55. The minimum atomic E-state index is 0.297. The van der Waals surface area contributed by atoms with Crippen molar-refractivity contribution in [3.05, 3.63) is 58.8 Å². The fourth-order valence-corrected chi connectivity index (χ4v) is 4.52. The number of rotatable bonds is 6. The molecular formula is C24H28N4O. The van der Waals surface area contributed by atoms with Crippen LogP contribution in [0.3, 0.4) is 0 Å². The minimum Gasteiger partial charge on any atom is -0.474 e. The first-order chi connectivity index (χ1) is 14.2. The quantitative estimate of drug-likeness (QED) is 0.755. The highest BCUT2D eigenvalue weighted by Gasteiger charge is 2.27. The van der Waals surface area contributed by atoms with Crippen LogP contribution in [0.1, 0.15) is 47.9 Å². The van der Waals surface area contributed by atoms with E-state index in [1.54, 1.807) is 0 Å². The number of fused-ring (bicyclic) bond motifs is 1. The Hall–Kier alpha value is -2.42. The van der Waals surface area contributed by atoms with Crippen LogP contribution in [0.5, 0.6) is 5.88 Å². The molecule has 150 valence electrons. The van der Waals surface area contributed by atoms with Crippen LogP contribution in [-0.4, -0.2) is 40.5 Å². The zero-order chi connectivity index (χ0) is 19.6. The molecule has 0 spiro atoms. The minimum absolute atomic E-state index is 0.297. The highest BCUT2D eigenvalue weighted by molar-refractivity contribution is 5.40. The molecule has 0 atom stereocenters. The molecule has 2 aromatic rings. The standard InChI is InChI=1S/C24H28N4O/c25-12-19-3-5-21-16-28(17-22(21)11-19)15-20-4-6-24(26-13-20)29-23-7-9-27(10-8-23)14-18-1-2-18/h3-6,11,13,18,23H,1-2,7-10,14-17H2. The molecular weight excluding hydrogens is 360 g/mol. The van der Waals surface area contributed by atoms with E-state index in [2.05, 4.69) is 33.0 Å². The van der Waals surface area contributed by atoms with Gasteiger partial charge in [-0.3, -0.25) is 4.90 Å². The molecule has 5 nitrogen and oxygen atoms in total. The van der Waals surface area contributed by atoms with Crippen molar-refractivity contribution in [3.63, 3.8) is 0 Å². The number of pyridine rings is 1. The van der Waals surface area contributed by atoms with Crippen molar-refractivity contribution in [1.82, 2.24) is 14.8 Å². The van der Waals surface area contributed by atoms with E-state index in [4.69, 9.17) is 10.00 Å². The number of nitriles is 1. The van der Waals surface area contributed by atoms with E-state index in [9.17, 15) is 0 Å². The molecule has 1 aromatic carbocycles. The Kier molecular flexibility index (Phi) is 5.22. The summed E-state index contributed by atoms with van der Waals surface area (Å²) < 4.78 is 6.14. The lowest BCUT2D eigenvalue weighted by Gasteiger charge is -2.31. The molecule has 2 aliphatic heterocycles. The number of hydrogen-bond donors (Lipinski definition) is 0. The first kappa shape index (κ1) is 18.6. The molecule has 1 aliphatic carbocycles. The summed E-state index contributed by atoms with van der Waals surface area (Å²) in [5, 5.41) is 9.08. The van der Waals surface area contributed by atoms with Crippen LogP contribution in [0.2, 0.25) is 0 Å². The maximum Gasteiger partial charge on any atom is 0.213 e. The summed E-state index contributed by atoms with van der Waals surface area (Å²) in [7, 11) is 0. The summed E-state index contributed by atoms with van der Waals surface area (Å²) in [5.41, 5.74) is 4.53. The van der Waals surface area contributed by atoms with Gasteiger partial charge in [-0.05, 0) is 60.4 Å². The van der Waals surface area contributed by atoms with Gasteiger partial charge in [0.1, 0.15) is 6.10 Å². The smallest absolute Gasteiger partial charge is 0.213 e. The Morgan fingerprint density at radius 1 is 1.00 bits per heavy atom. The molecule has 3 aliphatic rings. The Morgan fingerprint density at radius 2 is 1.83 bits per heavy atom. The van der Waals surface area contributed by atoms with Crippen LogP contribution in [0.25, 0.3) is 0 Å². The fraction of sp³-hybridized carbons (Fsp3) is 0.500. The maximum absolute atomic E-state index is 9.08. The van der Waals surface area contributed by atoms with Crippen molar-refractivity contribution in [1.29, 1.82) is 5.26 Å². The highest BCUT2D eigenvalue weighted by atomic mass is 16.5. The largest absolute Gasteiger partial charge is 0.474 e. The van der Waals surface area contributed by atoms with E-state index in [-0.39, 0.29) is 0 Å². The van der Waals surface area contributed by atoms with Crippen molar-refractivity contribution >= 4 is 0 Å². The topological polar surface area (TPSA) is 52.4 Å². The van der Waals surface area contributed by atoms with Gasteiger partial charge in [-0.1, -0.05) is 12.1 Å². The van der Waals surface area contributed by atoms with Crippen molar-refractivity contribution in [3.8, 4) is 11.9 Å². The maximum atomic E-state index is 9.08. The highest BCUT2D eigenvalue weighted by Crippen LogP contribution is 2.31. The zero-order valence-electron chi connectivity index (χ0n) is 16.9. The molecule has 5 heteroatoms. The van der Waals surface area contributed by atoms with E-state index in [0.717, 1.165) is 62.9 Å². The first-order valence-corrected chi connectivity index (χ1v) is 10.8. The summed E-state index contributed by atoms with van der Waals surface area (Å²) in [5.74, 6) is 1.72. The van der Waals surface area contributed by atoms with Gasteiger partial charge in [0.05, 0.1) is 11.6 Å². The van der Waals surface area contributed by atoms with Gasteiger partial charge in [0, 0.05) is 51.5 Å². The summed E-state index contributed by atoms with van der Waals surface area (Å²) >= 11 is 0. The number of aromatic nitrogens is 1. The lowest BCUT2D eigenvalue weighted by Crippen LogP contribution is -2.39. The van der Waals surface area contributed by atoms with Gasteiger partial charge in [-0.25, -0.2) is 4.98 Å². The number of piperidine rings is 1. The van der Waals surface area contributed by atoms with Gasteiger partial charge in [0.25, 0.3) is 0 Å². The molecule has 0 radical (unpaired) electrons. The van der Waals surface area contributed by atoms with E-state index < -0.39 is 0 Å². The normalized spacial score (nSPS) is 20.4. The third-order valence-corrected chi connectivity index (χ3v) is 6.36. The van der Waals surface area contributed by atoms with Crippen molar-refractivity contribution in [2.45, 2.75) is 51.4 Å². The Labute approximate surface area is 172 Å². The van der Waals surface area contributed by atoms with Crippen LogP contribution in [0.15, 0.2) is 36.5 Å². The lowest BCUT2D eigenvalue weighted by molar-refractivity contribution is 0.0944. The molecule has 1 saturated carbocycles. The van der Waals surface area contributed by atoms with Gasteiger partial charge >= 0.3 is 0 Å². The molecule has 1 saturated heterocycles. The molecule has 0 N–H and O–H groups in total. The summed E-state index contributed by atoms with van der Waals surface area (Å²) in [6, 6.07) is 12.4. The molecule has 0 bridgehead atoms. The second-order valence-corrected chi connectivity index (χ2v) is 8.81. The fourth-order valence-electron chi connectivity index (χ4n) is 4.52. The predicted octanol–water partition coefficient (Wildman–Crippen LogP) is 3.72. The van der Waals surface area contributed by atoms with Crippen molar-refractivity contribution < 1.29 is 4.74 Å². The predicted molar refractivity (Wildman–Crippen MR) is 111 cm³/mol.